The maximum absolute atomic E-state index is 13.0. The quantitative estimate of drug-likeness (QED) is 0.692. The summed E-state index contributed by atoms with van der Waals surface area (Å²) < 4.78 is 29.8. The number of fused-ring (bicyclic) bond motifs is 1. The normalized spacial score (nSPS) is 15.6. The van der Waals surface area contributed by atoms with E-state index >= 15 is 0 Å². The Morgan fingerprint density at radius 3 is 2.27 bits per heavy atom. The predicted octanol–water partition coefficient (Wildman–Crippen LogP) is 3.19. The topological polar surface area (TPSA) is 70.2 Å². The van der Waals surface area contributed by atoms with E-state index in [-0.39, 0.29) is 36.2 Å². The monoisotopic (exact) mass is 457 g/mol. The van der Waals surface area contributed by atoms with Gasteiger partial charge in [0.1, 0.15) is 5.75 Å². The van der Waals surface area contributed by atoms with Gasteiger partial charge in [-0.2, -0.15) is 8.78 Å². The van der Waals surface area contributed by atoms with Gasteiger partial charge in [0.05, 0.1) is 5.56 Å². The van der Waals surface area contributed by atoms with Crippen molar-refractivity contribution in [3.8, 4) is 5.75 Å². The Labute approximate surface area is 190 Å². The lowest BCUT2D eigenvalue weighted by Crippen LogP contribution is -2.50. The Bertz CT molecular complexity index is 1070. The van der Waals surface area contributed by atoms with Crippen molar-refractivity contribution < 1.29 is 27.9 Å². The molecule has 1 saturated heterocycles. The lowest BCUT2D eigenvalue weighted by atomic mass is 10.1. The number of hydrogen-bond donors (Lipinski definition) is 0. The molecule has 0 aromatic heterocycles. The molecular weight excluding hydrogens is 432 g/mol. The largest absolute Gasteiger partial charge is 0.434 e. The second-order valence-corrected chi connectivity index (χ2v) is 7.95. The number of ether oxygens (including phenoxy) is 1. The Hall–Kier alpha value is -3.49. The maximum Gasteiger partial charge on any atom is 0.387 e. The van der Waals surface area contributed by atoms with Gasteiger partial charge in [-0.1, -0.05) is 19.1 Å². The lowest BCUT2D eigenvalue weighted by molar-refractivity contribution is -0.118. The Kier molecular flexibility index (Phi) is 6.57. The molecule has 0 atom stereocenters. The second kappa shape index (κ2) is 9.56. The zero-order chi connectivity index (χ0) is 23.5. The van der Waals surface area contributed by atoms with Gasteiger partial charge in [-0.25, -0.2) is 0 Å². The van der Waals surface area contributed by atoms with Crippen LogP contribution in [0.15, 0.2) is 42.5 Å². The van der Waals surface area contributed by atoms with Crippen molar-refractivity contribution in [2.75, 3.05) is 37.6 Å². The van der Waals surface area contributed by atoms with Crippen LogP contribution in [0.2, 0.25) is 0 Å². The van der Waals surface area contributed by atoms with Gasteiger partial charge < -0.3 is 19.4 Å². The molecule has 3 amide bonds. The number of halogens is 2. The van der Waals surface area contributed by atoms with Crippen LogP contribution in [0.25, 0.3) is 0 Å². The van der Waals surface area contributed by atoms with Crippen LogP contribution in [-0.4, -0.2) is 66.9 Å². The molecule has 0 spiro atoms. The summed E-state index contributed by atoms with van der Waals surface area (Å²) in [4.78, 5) is 42.9. The first-order valence-corrected chi connectivity index (χ1v) is 10.9. The molecule has 7 nitrogen and oxygen atoms in total. The van der Waals surface area contributed by atoms with Crippen LogP contribution in [0.3, 0.4) is 0 Å². The van der Waals surface area contributed by atoms with Crippen LogP contribution in [0.5, 0.6) is 5.75 Å². The first kappa shape index (κ1) is 22.7. The highest BCUT2D eigenvalue weighted by molar-refractivity contribution is 5.99. The highest BCUT2D eigenvalue weighted by Gasteiger charge is 2.29. The molecule has 0 radical (unpaired) electrons. The van der Waals surface area contributed by atoms with Crippen LogP contribution >= 0.6 is 0 Å². The van der Waals surface area contributed by atoms with Gasteiger partial charge in [-0.3, -0.25) is 14.4 Å². The summed E-state index contributed by atoms with van der Waals surface area (Å²) in [7, 11) is 0. The van der Waals surface area contributed by atoms with E-state index in [1.165, 1.54) is 23.1 Å². The van der Waals surface area contributed by atoms with E-state index in [0.717, 1.165) is 11.3 Å². The number of carbonyl (C=O) groups excluding carboxylic acids is 3. The van der Waals surface area contributed by atoms with Crippen molar-refractivity contribution in [2.45, 2.75) is 26.4 Å². The summed E-state index contributed by atoms with van der Waals surface area (Å²) in [5.74, 6) is -0.637. The molecule has 174 valence electrons. The number of rotatable bonds is 5. The van der Waals surface area contributed by atoms with Crippen LogP contribution in [0.4, 0.5) is 14.5 Å². The fourth-order valence-electron chi connectivity index (χ4n) is 4.29. The number of alkyl halides is 2. The number of hydrogen-bond acceptors (Lipinski definition) is 4. The maximum atomic E-state index is 13.0. The van der Waals surface area contributed by atoms with E-state index in [4.69, 9.17) is 0 Å². The van der Waals surface area contributed by atoms with Crippen molar-refractivity contribution in [2.24, 2.45) is 0 Å². The molecule has 0 aliphatic carbocycles. The second-order valence-electron chi connectivity index (χ2n) is 7.95. The highest BCUT2D eigenvalue weighted by Crippen LogP contribution is 2.30. The van der Waals surface area contributed by atoms with Gasteiger partial charge in [-0.15, -0.1) is 0 Å². The molecule has 2 aliphatic heterocycles. The molecule has 4 rings (SSSR count). The Balaban J connectivity index is 1.40. The molecule has 0 bridgehead atoms. The number of carbonyl (C=O) groups is 3. The first-order valence-electron chi connectivity index (χ1n) is 10.9. The van der Waals surface area contributed by atoms with Gasteiger partial charge in [0, 0.05) is 50.4 Å². The molecule has 2 aliphatic rings. The molecule has 2 aromatic rings. The SMILES string of the molecule is CCC(=O)N1CCc2cc(C(=O)N3CCN(C(=O)c4ccccc4OC(F)F)CC3)ccc21. The number of benzene rings is 2. The van der Waals surface area contributed by atoms with Gasteiger partial charge in [0.15, 0.2) is 0 Å². The van der Waals surface area contributed by atoms with E-state index in [2.05, 4.69) is 4.74 Å². The first-order chi connectivity index (χ1) is 15.9. The van der Waals surface area contributed by atoms with Crippen molar-refractivity contribution in [1.82, 2.24) is 9.80 Å². The summed E-state index contributed by atoms with van der Waals surface area (Å²) >= 11 is 0. The summed E-state index contributed by atoms with van der Waals surface area (Å²) in [5, 5.41) is 0. The van der Waals surface area contributed by atoms with Crippen molar-refractivity contribution in [3.05, 3.63) is 59.2 Å². The number of amides is 3. The zero-order valence-electron chi connectivity index (χ0n) is 18.3. The minimum Gasteiger partial charge on any atom is -0.434 e. The fraction of sp³-hybridized carbons (Fsp3) is 0.375. The number of para-hydroxylation sites is 1. The molecule has 0 unspecified atom stereocenters. The molecule has 9 heteroatoms. The smallest absolute Gasteiger partial charge is 0.387 e. The van der Waals surface area contributed by atoms with Gasteiger partial charge >= 0.3 is 6.61 Å². The number of nitrogens with zero attached hydrogens (tertiary/aromatic N) is 3. The minimum absolute atomic E-state index is 0.0640. The molecule has 33 heavy (non-hydrogen) atoms. The third-order valence-electron chi connectivity index (χ3n) is 6.01. The molecule has 0 saturated carbocycles. The third-order valence-corrected chi connectivity index (χ3v) is 6.01. The van der Waals surface area contributed by atoms with Crippen molar-refractivity contribution in [3.63, 3.8) is 0 Å². The molecule has 2 heterocycles. The van der Waals surface area contributed by atoms with Crippen molar-refractivity contribution in [1.29, 1.82) is 0 Å². The van der Waals surface area contributed by atoms with E-state index < -0.39 is 12.5 Å². The molecule has 0 N–H and O–H groups in total. The Morgan fingerprint density at radius 2 is 1.61 bits per heavy atom. The standard InChI is InChI=1S/C24H25F2N3O4/c1-2-21(30)29-10-9-16-15-17(7-8-19(16)29)22(31)27-11-13-28(14-12-27)23(32)18-5-3-4-6-20(18)33-24(25)26/h3-8,15,24H,2,9-14H2,1H3. The Morgan fingerprint density at radius 1 is 0.939 bits per heavy atom. The van der Waals surface area contributed by atoms with Crippen LogP contribution < -0.4 is 9.64 Å². The average molecular weight is 457 g/mol. The predicted molar refractivity (Wildman–Crippen MR) is 118 cm³/mol. The van der Waals surface area contributed by atoms with E-state index in [0.29, 0.717) is 38.0 Å². The summed E-state index contributed by atoms with van der Waals surface area (Å²) in [6.07, 6.45) is 1.15. The van der Waals surface area contributed by atoms with Crippen LogP contribution in [0.1, 0.15) is 39.6 Å². The van der Waals surface area contributed by atoms with Crippen LogP contribution in [-0.2, 0) is 11.2 Å². The highest BCUT2D eigenvalue weighted by atomic mass is 19.3. The molecule has 2 aromatic carbocycles. The third kappa shape index (κ3) is 4.67. The van der Waals surface area contributed by atoms with Crippen molar-refractivity contribution >= 4 is 23.4 Å². The van der Waals surface area contributed by atoms with Gasteiger partial charge in [0.2, 0.25) is 5.91 Å². The summed E-state index contributed by atoms with van der Waals surface area (Å²) in [6.45, 7) is 0.673. The zero-order valence-corrected chi connectivity index (χ0v) is 18.3. The minimum atomic E-state index is -3.02. The van der Waals surface area contributed by atoms with E-state index in [1.807, 2.05) is 19.1 Å². The average Bonchev–Trinajstić information content (AvgIpc) is 3.26. The fourth-order valence-corrected chi connectivity index (χ4v) is 4.29. The lowest BCUT2D eigenvalue weighted by Gasteiger charge is -2.35. The molecular formula is C24H25F2N3O4. The summed E-state index contributed by atoms with van der Waals surface area (Å²) in [6, 6.07) is 11.3. The number of anilines is 1. The summed E-state index contributed by atoms with van der Waals surface area (Å²) in [5.41, 5.74) is 2.46. The van der Waals surface area contributed by atoms with Gasteiger partial charge in [-0.05, 0) is 42.3 Å². The molecule has 1 fully saturated rings. The van der Waals surface area contributed by atoms with E-state index in [1.54, 1.807) is 21.9 Å². The van der Waals surface area contributed by atoms with Gasteiger partial charge in [0.25, 0.3) is 11.8 Å². The number of piperazine rings is 1. The van der Waals surface area contributed by atoms with E-state index in [9.17, 15) is 23.2 Å². The van der Waals surface area contributed by atoms with Crippen LogP contribution in [0, 0.1) is 0 Å².